The average molecular weight is 483 g/mol. The van der Waals surface area contributed by atoms with Crippen molar-refractivity contribution < 1.29 is 31.8 Å². The molecule has 0 atom stereocenters. The largest absolute Gasteiger partial charge is 0.394 e. The fourth-order valence-corrected chi connectivity index (χ4v) is 2.99. The minimum absolute atomic E-state index is 0.110. The number of nitrogens with one attached hydrogen (secondary N) is 2. The normalized spacial score (nSPS) is 11.0. The highest BCUT2D eigenvalue weighted by Crippen LogP contribution is 2.07. The Morgan fingerprint density at radius 3 is 1.22 bits per heavy atom. The molecule has 0 unspecified atom stereocenters. The van der Waals surface area contributed by atoms with E-state index in [1.54, 1.807) is 0 Å². The highest BCUT2D eigenvalue weighted by atomic mass is 32.3. The molecule has 0 heterocycles. The minimum Gasteiger partial charge on any atom is -0.391 e. The predicted molar refractivity (Wildman–Crippen MR) is 127 cm³/mol. The number of hydrogen-bond acceptors (Lipinski definition) is 7. The maximum atomic E-state index is 11.6. The van der Waals surface area contributed by atoms with Crippen molar-refractivity contribution in [1.29, 1.82) is 0 Å². The van der Waals surface area contributed by atoms with Crippen LogP contribution in [-0.2, 0) is 24.7 Å². The first kappa shape index (κ1) is 33.1. The molecule has 0 aliphatic carbocycles. The van der Waals surface area contributed by atoms with Crippen molar-refractivity contribution in [2.75, 3.05) is 26.2 Å². The van der Waals surface area contributed by atoms with E-state index in [9.17, 15) is 9.59 Å². The van der Waals surface area contributed by atoms with Crippen molar-refractivity contribution in [1.82, 2.24) is 10.6 Å². The van der Waals surface area contributed by atoms with Crippen LogP contribution in [0.4, 0.5) is 0 Å². The third-order valence-corrected chi connectivity index (χ3v) is 4.68. The summed E-state index contributed by atoms with van der Waals surface area (Å²) in [4.78, 5) is 23.2. The summed E-state index contributed by atoms with van der Waals surface area (Å²) < 4.78 is 36.4. The Labute approximate surface area is 195 Å². The second-order valence-electron chi connectivity index (χ2n) is 7.89. The van der Waals surface area contributed by atoms with E-state index in [0.717, 1.165) is 25.9 Å². The molecule has 0 rings (SSSR count). The molecule has 192 valence electrons. The van der Waals surface area contributed by atoms with Crippen LogP contribution in [0.25, 0.3) is 0 Å². The predicted octanol–water partition coefficient (Wildman–Crippen LogP) is 4.08. The standard InChI is InChI=1S/C22H44N2O3.H2O4S/c1-3-5-7-9-11-13-15-17-23-19-21(25)27-22(26)20-24-18-16-14-12-10-8-6-4-2;1-5(2,3)4/h23-24H,3-20H2,1-2H3;(H2,1,2,3,4). The minimum atomic E-state index is -4.67. The van der Waals surface area contributed by atoms with Gasteiger partial charge in [0.1, 0.15) is 0 Å². The van der Waals surface area contributed by atoms with E-state index in [1.807, 2.05) is 0 Å². The molecular formula is C22H46N2O7S. The zero-order valence-electron chi connectivity index (χ0n) is 20.1. The lowest BCUT2D eigenvalue weighted by molar-refractivity contribution is -0.158. The van der Waals surface area contributed by atoms with Crippen molar-refractivity contribution in [3.8, 4) is 0 Å². The van der Waals surface area contributed by atoms with E-state index in [4.69, 9.17) is 22.3 Å². The van der Waals surface area contributed by atoms with Crippen molar-refractivity contribution in [3.63, 3.8) is 0 Å². The molecule has 0 fully saturated rings. The number of carbonyl (C=O) groups is 2. The van der Waals surface area contributed by atoms with Gasteiger partial charge in [-0.05, 0) is 25.9 Å². The summed E-state index contributed by atoms with van der Waals surface area (Å²) in [6, 6.07) is 0. The van der Waals surface area contributed by atoms with Crippen LogP contribution in [0.5, 0.6) is 0 Å². The Kier molecular flexibility index (Phi) is 25.4. The van der Waals surface area contributed by atoms with E-state index in [0.29, 0.717) is 0 Å². The van der Waals surface area contributed by atoms with Crippen LogP contribution in [0.1, 0.15) is 104 Å². The van der Waals surface area contributed by atoms with Gasteiger partial charge in [0.25, 0.3) is 0 Å². The fraction of sp³-hybridized carbons (Fsp3) is 0.909. The maximum Gasteiger partial charge on any atom is 0.394 e. The lowest BCUT2D eigenvalue weighted by atomic mass is 10.1. The molecule has 32 heavy (non-hydrogen) atoms. The Bertz CT molecular complexity index is 502. The topological polar surface area (TPSA) is 142 Å². The van der Waals surface area contributed by atoms with Crippen molar-refractivity contribution in [2.24, 2.45) is 0 Å². The Balaban J connectivity index is 0. The molecule has 0 aliphatic rings. The smallest absolute Gasteiger partial charge is 0.391 e. The van der Waals surface area contributed by atoms with Crippen LogP contribution in [0, 0.1) is 0 Å². The van der Waals surface area contributed by atoms with E-state index in [2.05, 4.69) is 24.5 Å². The first-order valence-corrected chi connectivity index (χ1v) is 13.4. The Morgan fingerprint density at radius 1 is 0.625 bits per heavy atom. The lowest BCUT2D eigenvalue weighted by Crippen LogP contribution is -2.31. The molecule has 0 radical (unpaired) electrons. The number of unbranched alkanes of at least 4 members (excludes halogenated alkanes) is 12. The van der Waals surface area contributed by atoms with Crippen LogP contribution >= 0.6 is 0 Å². The number of hydrogen-bond donors (Lipinski definition) is 4. The van der Waals surface area contributed by atoms with Crippen LogP contribution < -0.4 is 10.6 Å². The van der Waals surface area contributed by atoms with Gasteiger partial charge in [-0.25, -0.2) is 0 Å². The van der Waals surface area contributed by atoms with Gasteiger partial charge in [-0.1, -0.05) is 90.9 Å². The van der Waals surface area contributed by atoms with Crippen LogP contribution in [0.3, 0.4) is 0 Å². The average Bonchev–Trinajstić information content (AvgIpc) is 2.70. The molecule has 0 aromatic heterocycles. The molecule has 0 saturated heterocycles. The second-order valence-corrected chi connectivity index (χ2v) is 8.79. The van der Waals surface area contributed by atoms with E-state index < -0.39 is 22.3 Å². The molecule has 0 amide bonds. The molecule has 0 aliphatic heterocycles. The van der Waals surface area contributed by atoms with Gasteiger partial charge in [0.2, 0.25) is 0 Å². The Morgan fingerprint density at radius 2 is 0.906 bits per heavy atom. The fourth-order valence-electron chi connectivity index (χ4n) is 2.99. The first-order valence-electron chi connectivity index (χ1n) is 12.1. The number of esters is 2. The highest BCUT2D eigenvalue weighted by Gasteiger charge is 2.09. The molecule has 9 nitrogen and oxygen atoms in total. The van der Waals surface area contributed by atoms with Gasteiger partial charge in [-0.3, -0.25) is 18.7 Å². The summed E-state index contributed by atoms with van der Waals surface area (Å²) in [6.07, 6.45) is 17.5. The van der Waals surface area contributed by atoms with Crippen molar-refractivity contribution in [2.45, 2.75) is 104 Å². The summed E-state index contributed by atoms with van der Waals surface area (Å²) >= 11 is 0. The van der Waals surface area contributed by atoms with Crippen molar-refractivity contribution in [3.05, 3.63) is 0 Å². The Hall–Kier alpha value is -1.07. The van der Waals surface area contributed by atoms with Gasteiger partial charge in [-0.2, -0.15) is 8.42 Å². The molecule has 0 saturated carbocycles. The maximum absolute atomic E-state index is 11.6. The van der Waals surface area contributed by atoms with Gasteiger partial charge in [0.05, 0.1) is 13.1 Å². The lowest BCUT2D eigenvalue weighted by Gasteiger charge is -2.06. The van der Waals surface area contributed by atoms with Gasteiger partial charge in [-0.15, -0.1) is 0 Å². The molecule has 10 heteroatoms. The monoisotopic (exact) mass is 482 g/mol. The van der Waals surface area contributed by atoms with E-state index in [-0.39, 0.29) is 13.1 Å². The van der Waals surface area contributed by atoms with Crippen LogP contribution in [-0.4, -0.2) is 55.6 Å². The van der Waals surface area contributed by atoms with Gasteiger partial charge >= 0.3 is 22.3 Å². The van der Waals surface area contributed by atoms with E-state index >= 15 is 0 Å². The molecule has 0 aromatic rings. The van der Waals surface area contributed by atoms with Crippen LogP contribution in [0.2, 0.25) is 0 Å². The summed E-state index contributed by atoms with van der Waals surface area (Å²) in [6.45, 7) is 6.26. The van der Waals surface area contributed by atoms with Gasteiger partial charge in [0, 0.05) is 0 Å². The number of carbonyl (C=O) groups excluding carboxylic acids is 2. The summed E-state index contributed by atoms with van der Waals surface area (Å²) in [5.74, 6) is -0.971. The van der Waals surface area contributed by atoms with Crippen LogP contribution in [0.15, 0.2) is 0 Å². The zero-order valence-corrected chi connectivity index (χ0v) is 20.9. The summed E-state index contributed by atoms with van der Waals surface area (Å²) in [5.41, 5.74) is 0. The second kappa shape index (κ2) is 24.6. The highest BCUT2D eigenvalue weighted by molar-refractivity contribution is 7.79. The molecule has 0 spiro atoms. The van der Waals surface area contributed by atoms with E-state index in [1.165, 1.54) is 77.0 Å². The summed E-state index contributed by atoms with van der Waals surface area (Å²) in [7, 11) is -4.67. The van der Waals surface area contributed by atoms with Crippen molar-refractivity contribution >= 4 is 22.3 Å². The van der Waals surface area contributed by atoms with Gasteiger partial charge < -0.3 is 15.4 Å². The molecule has 0 bridgehead atoms. The number of rotatable bonds is 20. The third-order valence-electron chi connectivity index (χ3n) is 4.68. The SMILES string of the molecule is CCCCCCCCCNCC(=O)OC(=O)CNCCCCCCCCC.O=S(=O)(O)O. The number of ether oxygens (including phenoxy) is 1. The quantitative estimate of drug-likeness (QED) is 0.0873. The van der Waals surface area contributed by atoms with Gasteiger partial charge in [0.15, 0.2) is 0 Å². The molecule has 4 N–H and O–H groups in total. The third kappa shape index (κ3) is 36.3. The molecular weight excluding hydrogens is 436 g/mol. The zero-order chi connectivity index (χ0) is 24.5. The first-order chi connectivity index (χ1) is 15.2. The molecule has 0 aromatic carbocycles. The summed E-state index contributed by atoms with van der Waals surface area (Å²) in [5, 5.41) is 6.10.